The van der Waals surface area contributed by atoms with Gasteiger partial charge in [-0.25, -0.2) is 0 Å². The van der Waals surface area contributed by atoms with E-state index in [1.54, 1.807) is 0 Å². The lowest BCUT2D eigenvalue weighted by molar-refractivity contribution is -0.0350. The molecule has 0 aliphatic carbocycles. The SMILES string of the molecule is Cc1ccc(CC2COCCC2O)c(Cl)c1. The Morgan fingerprint density at radius 3 is 3.00 bits per heavy atom. The molecule has 0 spiro atoms. The Morgan fingerprint density at radius 1 is 1.50 bits per heavy atom. The summed E-state index contributed by atoms with van der Waals surface area (Å²) in [6.07, 6.45) is 1.26. The molecular formula is C13H17ClO2. The molecule has 16 heavy (non-hydrogen) atoms. The van der Waals surface area contributed by atoms with Gasteiger partial charge in [0.15, 0.2) is 0 Å². The third-order valence-electron chi connectivity index (χ3n) is 3.12. The van der Waals surface area contributed by atoms with Gasteiger partial charge in [-0.3, -0.25) is 0 Å². The molecular weight excluding hydrogens is 224 g/mol. The van der Waals surface area contributed by atoms with Crippen LogP contribution in [-0.4, -0.2) is 24.4 Å². The van der Waals surface area contributed by atoms with Crippen molar-refractivity contribution in [3.63, 3.8) is 0 Å². The normalized spacial score (nSPS) is 25.7. The lowest BCUT2D eigenvalue weighted by atomic mass is 9.91. The van der Waals surface area contributed by atoms with E-state index in [9.17, 15) is 5.11 Å². The van der Waals surface area contributed by atoms with Crippen molar-refractivity contribution in [2.75, 3.05) is 13.2 Å². The average Bonchev–Trinajstić information content (AvgIpc) is 2.25. The molecule has 2 nitrogen and oxygen atoms in total. The zero-order valence-electron chi connectivity index (χ0n) is 9.45. The van der Waals surface area contributed by atoms with Gasteiger partial charge in [-0.1, -0.05) is 23.7 Å². The van der Waals surface area contributed by atoms with Gasteiger partial charge in [0.25, 0.3) is 0 Å². The molecule has 1 fully saturated rings. The molecule has 0 aromatic heterocycles. The maximum Gasteiger partial charge on any atom is 0.0615 e. The van der Waals surface area contributed by atoms with E-state index in [0.29, 0.717) is 13.2 Å². The van der Waals surface area contributed by atoms with Crippen LogP contribution in [0.5, 0.6) is 0 Å². The number of rotatable bonds is 2. The molecule has 1 aromatic carbocycles. The number of hydrogen-bond donors (Lipinski definition) is 1. The summed E-state index contributed by atoms with van der Waals surface area (Å²) in [5.74, 6) is 0.175. The zero-order chi connectivity index (χ0) is 11.5. The summed E-state index contributed by atoms with van der Waals surface area (Å²) in [6, 6.07) is 6.06. The number of hydrogen-bond acceptors (Lipinski definition) is 2. The Hall–Kier alpha value is -0.570. The van der Waals surface area contributed by atoms with Crippen LogP contribution >= 0.6 is 11.6 Å². The molecule has 0 radical (unpaired) electrons. The van der Waals surface area contributed by atoms with Gasteiger partial charge in [0.2, 0.25) is 0 Å². The maximum absolute atomic E-state index is 9.85. The van der Waals surface area contributed by atoms with Crippen LogP contribution in [0.4, 0.5) is 0 Å². The molecule has 0 amide bonds. The van der Waals surface area contributed by atoms with E-state index in [1.807, 2.05) is 19.1 Å². The topological polar surface area (TPSA) is 29.5 Å². The van der Waals surface area contributed by atoms with Crippen LogP contribution in [0, 0.1) is 12.8 Å². The van der Waals surface area contributed by atoms with Crippen LogP contribution in [0.3, 0.4) is 0 Å². The van der Waals surface area contributed by atoms with Crippen LogP contribution in [0.25, 0.3) is 0 Å². The van der Waals surface area contributed by atoms with Gasteiger partial charge in [-0.2, -0.15) is 0 Å². The number of aryl methyl sites for hydroxylation is 1. The van der Waals surface area contributed by atoms with Gasteiger partial charge < -0.3 is 9.84 Å². The molecule has 0 saturated carbocycles. The van der Waals surface area contributed by atoms with E-state index < -0.39 is 0 Å². The molecule has 1 saturated heterocycles. The van der Waals surface area contributed by atoms with Crippen LogP contribution in [0.15, 0.2) is 18.2 Å². The number of benzene rings is 1. The molecule has 2 atom stereocenters. The number of aliphatic hydroxyl groups is 1. The molecule has 1 N–H and O–H groups in total. The van der Waals surface area contributed by atoms with E-state index >= 15 is 0 Å². The van der Waals surface area contributed by atoms with Crippen molar-refractivity contribution >= 4 is 11.6 Å². The predicted octanol–water partition coefficient (Wildman–Crippen LogP) is 2.59. The third kappa shape index (κ3) is 2.76. The van der Waals surface area contributed by atoms with E-state index in [0.717, 1.165) is 29.0 Å². The lowest BCUT2D eigenvalue weighted by Crippen LogP contribution is -2.33. The first kappa shape index (κ1) is 11.9. The van der Waals surface area contributed by atoms with Gasteiger partial charge in [0, 0.05) is 17.5 Å². The second-order valence-electron chi connectivity index (χ2n) is 4.49. The summed E-state index contributed by atoms with van der Waals surface area (Å²) >= 11 is 6.17. The monoisotopic (exact) mass is 240 g/mol. The van der Waals surface area contributed by atoms with Crippen LogP contribution in [0.1, 0.15) is 17.5 Å². The van der Waals surface area contributed by atoms with Crippen LogP contribution in [0.2, 0.25) is 5.02 Å². The van der Waals surface area contributed by atoms with E-state index in [2.05, 4.69) is 6.07 Å². The smallest absolute Gasteiger partial charge is 0.0615 e. The van der Waals surface area contributed by atoms with Gasteiger partial charge in [-0.15, -0.1) is 0 Å². The number of aliphatic hydroxyl groups excluding tert-OH is 1. The fourth-order valence-electron chi connectivity index (χ4n) is 2.08. The first-order valence-electron chi connectivity index (χ1n) is 5.67. The van der Waals surface area contributed by atoms with Crippen molar-refractivity contribution in [2.45, 2.75) is 25.9 Å². The van der Waals surface area contributed by atoms with Gasteiger partial charge in [0.05, 0.1) is 12.7 Å². The predicted molar refractivity (Wildman–Crippen MR) is 64.8 cm³/mol. The molecule has 2 rings (SSSR count). The number of halogens is 1. The minimum atomic E-state index is -0.258. The molecule has 1 aliphatic heterocycles. The van der Waals surface area contributed by atoms with Crippen molar-refractivity contribution in [2.24, 2.45) is 5.92 Å². The third-order valence-corrected chi connectivity index (χ3v) is 3.48. The lowest BCUT2D eigenvalue weighted by Gasteiger charge is -2.28. The molecule has 1 aromatic rings. The van der Waals surface area contributed by atoms with E-state index in [-0.39, 0.29) is 12.0 Å². The summed E-state index contributed by atoms with van der Waals surface area (Å²) in [4.78, 5) is 0. The van der Waals surface area contributed by atoms with Gasteiger partial charge >= 0.3 is 0 Å². The molecule has 88 valence electrons. The first-order valence-corrected chi connectivity index (χ1v) is 6.05. The molecule has 1 heterocycles. The summed E-state index contributed by atoms with van der Waals surface area (Å²) in [5, 5.41) is 10.6. The number of ether oxygens (including phenoxy) is 1. The highest BCUT2D eigenvalue weighted by Gasteiger charge is 2.24. The van der Waals surface area contributed by atoms with Crippen LogP contribution < -0.4 is 0 Å². The quantitative estimate of drug-likeness (QED) is 0.861. The minimum Gasteiger partial charge on any atom is -0.393 e. The van der Waals surface area contributed by atoms with E-state index in [1.165, 1.54) is 0 Å². The molecule has 2 unspecified atom stereocenters. The largest absolute Gasteiger partial charge is 0.393 e. The molecule has 0 bridgehead atoms. The second kappa shape index (κ2) is 5.17. The second-order valence-corrected chi connectivity index (χ2v) is 4.90. The Bertz CT molecular complexity index is 365. The van der Waals surface area contributed by atoms with Crippen molar-refractivity contribution in [1.82, 2.24) is 0 Å². The minimum absolute atomic E-state index is 0.175. The van der Waals surface area contributed by atoms with Crippen molar-refractivity contribution < 1.29 is 9.84 Å². The van der Waals surface area contributed by atoms with Gasteiger partial charge in [-0.05, 0) is 37.0 Å². The van der Waals surface area contributed by atoms with E-state index in [4.69, 9.17) is 16.3 Å². The first-order chi connectivity index (χ1) is 7.66. The standard InChI is InChI=1S/C13H17ClO2/c1-9-2-3-10(12(14)6-9)7-11-8-16-5-4-13(11)15/h2-3,6,11,13,15H,4-5,7-8H2,1H3. The fourth-order valence-corrected chi connectivity index (χ4v) is 2.39. The highest BCUT2D eigenvalue weighted by atomic mass is 35.5. The summed E-state index contributed by atoms with van der Waals surface area (Å²) in [7, 11) is 0. The summed E-state index contributed by atoms with van der Waals surface area (Å²) < 4.78 is 5.39. The summed E-state index contributed by atoms with van der Waals surface area (Å²) in [6.45, 7) is 3.32. The van der Waals surface area contributed by atoms with Crippen molar-refractivity contribution in [3.8, 4) is 0 Å². The molecule has 1 aliphatic rings. The average molecular weight is 241 g/mol. The Kier molecular flexibility index (Phi) is 3.85. The van der Waals surface area contributed by atoms with Crippen molar-refractivity contribution in [3.05, 3.63) is 34.3 Å². The van der Waals surface area contributed by atoms with Crippen molar-refractivity contribution in [1.29, 1.82) is 0 Å². The molecule has 3 heteroatoms. The highest BCUT2D eigenvalue weighted by molar-refractivity contribution is 6.31. The maximum atomic E-state index is 9.85. The fraction of sp³-hybridized carbons (Fsp3) is 0.538. The Balaban J connectivity index is 2.07. The highest BCUT2D eigenvalue weighted by Crippen LogP contribution is 2.24. The Morgan fingerprint density at radius 2 is 2.31 bits per heavy atom. The summed E-state index contributed by atoms with van der Waals surface area (Å²) in [5.41, 5.74) is 2.26. The van der Waals surface area contributed by atoms with Gasteiger partial charge in [0.1, 0.15) is 0 Å². The zero-order valence-corrected chi connectivity index (χ0v) is 10.2. The van der Waals surface area contributed by atoms with Crippen LogP contribution in [-0.2, 0) is 11.2 Å². The Labute approximate surface area is 101 Å².